The van der Waals surface area contributed by atoms with Gasteiger partial charge in [0.05, 0.1) is 11.1 Å². The van der Waals surface area contributed by atoms with Crippen molar-refractivity contribution in [1.29, 1.82) is 0 Å². The van der Waals surface area contributed by atoms with Crippen LogP contribution in [0, 0.1) is 0 Å². The molecular formula is C13H8ClN3O2. The van der Waals surface area contributed by atoms with Crippen LogP contribution in [0.2, 0.25) is 5.02 Å². The lowest BCUT2D eigenvalue weighted by Gasteiger charge is -2.03. The topological polar surface area (TPSA) is 68.0 Å². The highest BCUT2D eigenvalue weighted by molar-refractivity contribution is 6.31. The number of halogens is 1. The van der Waals surface area contributed by atoms with Crippen LogP contribution in [0.5, 0.6) is 5.75 Å². The number of hydrogen-bond acceptors (Lipinski definition) is 4. The Balaban J connectivity index is 2.15. The molecule has 0 amide bonds. The predicted octanol–water partition coefficient (Wildman–Crippen LogP) is 2.48. The Bertz CT molecular complexity index is 782. The quantitative estimate of drug-likeness (QED) is 0.739. The number of aromatic hydroxyl groups is 1. The van der Waals surface area contributed by atoms with Crippen molar-refractivity contribution in [1.82, 2.24) is 15.0 Å². The molecule has 2 aromatic carbocycles. The SMILES string of the molecule is O=C(c1ccccc1O)n1nnc2cc(Cl)ccc21. The number of nitrogens with zero attached hydrogens (tertiary/aromatic N) is 3. The number of fused-ring (bicyclic) bond motifs is 1. The molecule has 0 fully saturated rings. The van der Waals surface area contributed by atoms with Gasteiger partial charge in [-0.15, -0.1) is 5.10 Å². The van der Waals surface area contributed by atoms with Crippen LogP contribution in [-0.4, -0.2) is 26.0 Å². The lowest BCUT2D eigenvalue weighted by Crippen LogP contribution is -2.13. The van der Waals surface area contributed by atoms with Crippen LogP contribution >= 0.6 is 11.6 Å². The molecule has 0 atom stereocenters. The Kier molecular flexibility index (Phi) is 2.68. The molecule has 0 spiro atoms. The number of para-hydroxylation sites is 1. The van der Waals surface area contributed by atoms with Crippen LogP contribution in [0.4, 0.5) is 0 Å². The van der Waals surface area contributed by atoms with Gasteiger partial charge in [-0.1, -0.05) is 28.9 Å². The number of aromatic nitrogens is 3. The van der Waals surface area contributed by atoms with Gasteiger partial charge in [0.25, 0.3) is 5.91 Å². The first kappa shape index (κ1) is 11.7. The summed E-state index contributed by atoms with van der Waals surface area (Å²) in [6, 6.07) is 11.2. The van der Waals surface area contributed by atoms with E-state index in [1.807, 2.05) is 0 Å². The first-order valence-corrected chi connectivity index (χ1v) is 5.88. The first-order chi connectivity index (χ1) is 9.16. The van der Waals surface area contributed by atoms with E-state index >= 15 is 0 Å². The Labute approximate surface area is 113 Å². The van der Waals surface area contributed by atoms with Crippen LogP contribution in [0.3, 0.4) is 0 Å². The zero-order valence-corrected chi connectivity index (χ0v) is 10.4. The highest BCUT2D eigenvalue weighted by atomic mass is 35.5. The summed E-state index contributed by atoms with van der Waals surface area (Å²) >= 11 is 5.85. The molecular weight excluding hydrogens is 266 g/mol. The van der Waals surface area contributed by atoms with Gasteiger partial charge in [0.2, 0.25) is 0 Å². The molecule has 5 nitrogen and oxygen atoms in total. The summed E-state index contributed by atoms with van der Waals surface area (Å²) < 4.78 is 1.14. The smallest absolute Gasteiger partial charge is 0.283 e. The van der Waals surface area contributed by atoms with Gasteiger partial charge in [-0.3, -0.25) is 4.79 Å². The zero-order chi connectivity index (χ0) is 13.4. The van der Waals surface area contributed by atoms with Crippen molar-refractivity contribution in [3.63, 3.8) is 0 Å². The molecule has 1 heterocycles. The largest absolute Gasteiger partial charge is 0.507 e. The minimum atomic E-state index is -0.442. The van der Waals surface area contributed by atoms with E-state index in [9.17, 15) is 9.90 Å². The van der Waals surface area contributed by atoms with Crippen molar-refractivity contribution in [2.45, 2.75) is 0 Å². The Hall–Kier alpha value is -2.40. The molecule has 1 N–H and O–H groups in total. The lowest BCUT2D eigenvalue weighted by atomic mass is 10.2. The molecule has 3 rings (SSSR count). The van der Waals surface area contributed by atoms with Crippen molar-refractivity contribution in [2.24, 2.45) is 0 Å². The second kappa shape index (κ2) is 4.37. The van der Waals surface area contributed by atoms with Gasteiger partial charge in [0, 0.05) is 5.02 Å². The molecule has 94 valence electrons. The highest BCUT2D eigenvalue weighted by Gasteiger charge is 2.16. The molecule has 0 aliphatic carbocycles. The Morgan fingerprint density at radius 1 is 1.21 bits per heavy atom. The first-order valence-electron chi connectivity index (χ1n) is 5.50. The Morgan fingerprint density at radius 3 is 2.79 bits per heavy atom. The van der Waals surface area contributed by atoms with Crippen molar-refractivity contribution in [2.75, 3.05) is 0 Å². The van der Waals surface area contributed by atoms with Gasteiger partial charge in [-0.25, -0.2) is 0 Å². The molecule has 0 saturated heterocycles. The molecule has 0 aliphatic heterocycles. The average molecular weight is 274 g/mol. The molecule has 19 heavy (non-hydrogen) atoms. The molecule has 0 aliphatic rings. The number of carbonyl (C=O) groups is 1. The van der Waals surface area contributed by atoms with Crippen LogP contribution < -0.4 is 0 Å². The summed E-state index contributed by atoms with van der Waals surface area (Å²) in [7, 11) is 0. The van der Waals surface area contributed by atoms with Crippen molar-refractivity contribution < 1.29 is 9.90 Å². The number of rotatable bonds is 1. The summed E-state index contributed by atoms with van der Waals surface area (Å²) in [6.45, 7) is 0. The average Bonchev–Trinajstić information content (AvgIpc) is 2.81. The van der Waals surface area contributed by atoms with E-state index in [1.54, 1.807) is 30.3 Å². The third-order valence-electron chi connectivity index (χ3n) is 2.73. The minimum absolute atomic E-state index is 0.0925. The maximum absolute atomic E-state index is 12.3. The van der Waals surface area contributed by atoms with Gasteiger partial charge in [0.1, 0.15) is 11.3 Å². The summed E-state index contributed by atoms with van der Waals surface area (Å²) in [5.41, 5.74) is 1.23. The van der Waals surface area contributed by atoms with Crippen molar-refractivity contribution in [3.05, 3.63) is 53.1 Å². The Morgan fingerprint density at radius 2 is 2.00 bits per heavy atom. The van der Waals surface area contributed by atoms with Gasteiger partial charge < -0.3 is 5.11 Å². The number of carbonyl (C=O) groups excluding carboxylic acids is 1. The number of benzene rings is 2. The van der Waals surface area contributed by atoms with E-state index in [2.05, 4.69) is 10.3 Å². The molecule has 0 unspecified atom stereocenters. The zero-order valence-electron chi connectivity index (χ0n) is 9.62. The summed E-state index contributed by atoms with van der Waals surface area (Å²) in [5.74, 6) is -0.534. The molecule has 0 bridgehead atoms. The number of hydrogen-bond donors (Lipinski definition) is 1. The number of phenols is 1. The fourth-order valence-corrected chi connectivity index (χ4v) is 1.98. The predicted molar refractivity (Wildman–Crippen MR) is 70.4 cm³/mol. The number of phenolic OH excluding ortho intramolecular Hbond substituents is 1. The fourth-order valence-electron chi connectivity index (χ4n) is 1.82. The van der Waals surface area contributed by atoms with Crippen molar-refractivity contribution >= 4 is 28.5 Å². The van der Waals surface area contributed by atoms with Gasteiger partial charge in [-0.2, -0.15) is 4.68 Å². The third kappa shape index (κ3) is 1.94. The summed E-state index contributed by atoms with van der Waals surface area (Å²) in [4.78, 5) is 12.3. The van der Waals surface area contributed by atoms with Crippen molar-refractivity contribution in [3.8, 4) is 5.75 Å². The van der Waals surface area contributed by atoms with Crippen LogP contribution in [0.25, 0.3) is 11.0 Å². The fraction of sp³-hybridized carbons (Fsp3) is 0. The van der Waals surface area contributed by atoms with E-state index in [0.29, 0.717) is 16.1 Å². The van der Waals surface area contributed by atoms with Crippen LogP contribution in [0.15, 0.2) is 42.5 Å². The maximum atomic E-state index is 12.3. The van der Waals surface area contributed by atoms with Gasteiger partial charge in [0.15, 0.2) is 0 Å². The summed E-state index contributed by atoms with van der Waals surface area (Å²) in [5, 5.41) is 17.9. The second-order valence-electron chi connectivity index (χ2n) is 3.96. The molecule has 6 heteroatoms. The van der Waals surface area contributed by atoms with Crippen LogP contribution in [-0.2, 0) is 0 Å². The molecule has 1 aromatic heterocycles. The monoisotopic (exact) mass is 273 g/mol. The summed E-state index contributed by atoms with van der Waals surface area (Å²) in [6.07, 6.45) is 0. The van der Waals surface area contributed by atoms with Gasteiger partial charge in [-0.05, 0) is 30.3 Å². The van der Waals surface area contributed by atoms with Crippen LogP contribution in [0.1, 0.15) is 10.4 Å². The van der Waals surface area contributed by atoms with E-state index in [4.69, 9.17) is 11.6 Å². The third-order valence-corrected chi connectivity index (χ3v) is 2.97. The van der Waals surface area contributed by atoms with E-state index in [1.165, 1.54) is 12.1 Å². The van der Waals surface area contributed by atoms with E-state index in [0.717, 1.165) is 4.68 Å². The highest BCUT2D eigenvalue weighted by Crippen LogP contribution is 2.21. The molecule has 0 saturated carbocycles. The maximum Gasteiger partial charge on any atom is 0.283 e. The van der Waals surface area contributed by atoms with E-state index < -0.39 is 5.91 Å². The molecule has 0 radical (unpaired) electrons. The second-order valence-corrected chi connectivity index (χ2v) is 4.39. The van der Waals surface area contributed by atoms with Gasteiger partial charge >= 0.3 is 0 Å². The standard InChI is InChI=1S/C13H8ClN3O2/c14-8-5-6-11-10(7-8)15-16-17(11)13(19)9-3-1-2-4-12(9)18/h1-7,18H. The molecule has 3 aromatic rings. The minimum Gasteiger partial charge on any atom is -0.507 e. The lowest BCUT2D eigenvalue weighted by molar-refractivity contribution is 0.0945. The normalized spacial score (nSPS) is 10.8. The van der Waals surface area contributed by atoms with E-state index in [-0.39, 0.29) is 11.3 Å².